The van der Waals surface area contributed by atoms with Crippen molar-refractivity contribution in [3.63, 3.8) is 0 Å². The van der Waals surface area contributed by atoms with Crippen molar-refractivity contribution >= 4 is 5.91 Å². The zero-order valence-electron chi connectivity index (χ0n) is 16.8. The van der Waals surface area contributed by atoms with Crippen molar-refractivity contribution in [2.75, 3.05) is 27.8 Å². The van der Waals surface area contributed by atoms with Crippen LogP contribution in [-0.4, -0.2) is 43.7 Å². The van der Waals surface area contributed by atoms with Crippen molar-refractivity contribution in [1.82, 2.24) is 4.90 Å². The number of hydrogen-bond acceptors (Lipinski definition) is 5. The first-order valence-electron chi connectivity index (χ1n) is 9.30. The number of furan rings is 1. The van der Waals surface area contributed by atoms with Gasteiger partial charge in [0.05, 0.1) is 26.9 Å². The molecule has 1 heterocycles. The van der Waals surface area contributed by atoms with E-state index >= 15 is 0 Å². The third kappa shape index (κ3) is 4.97. The van der Waals surface area contributed by atoms with Gasteiger partial charge in [0.1, 0.15) is 17.3 Å². The molecule has 1 amide bonds. The SMILES string of the molecule is COc1ccc(OC)c(Cc2ccc(C(=O)N(C)CC(O)c3ccccc3)o2)c1. The molecule has 0 spiro atoms. The van der Waals surface area contributed by atoms with Crippen molar-refractivity contribution in [2.45, 2.75) is 12.5 Å². The Morgan fingerprint density at radius 3 is 2.52 bits per heavy atom. The highest BCUT2D eigenvalue weighted by Gasteiger charge is 2.20. The van der Waals surface area contributed by atoms with Crippen molar-refractivity contribution in [3.05, 3.63) is 83.3 Å². The molecule has 0 aliphatic heterocycles. The normalized spacial score (nSPS) is 11.7. The Balaban J connectivity index is 1.68. The van der Waals surface area contributed by atoms with Gasteiger partial charge in [-0.3, -0.25) is 4.79 Å². The average molecular weight is 395 g/mol. The van der Waals surface area contributed by atoms with E-state index in [1.807, 2.05) is 48.5 Å². The van der Waals surface area contributed by atoms with Gasteiger partial charge in [0, 0.05) is 19.0 Å². The molecule has 0 aliphatic rings. The number of methoxy groups -OCH3 is 2. The van der Waals surface area contributed by atoms with E-state index in [0.717, 1.165) is 22.6 Å². The van der Waals surface area contributed by atoms with E-state index in [0.29, 0.717) is 12.2 Å². The van der Waals surface area contributed by atoms with Gasteiger partial charge in [-0.25, -0.2) is 0 Å². The van der Waals surface area contributed by atoms with Crippen LogP contribution in [0.1, 0.15) is 33.5 Å². The van der Waals surface area contributed by atoms with E-state index < -0.39 is 6.10 Å². The molecule has 3 rings (SSSR count). The number of hydrogen-bond donors (Lipinski definition) is 1. The molecular weight excluding hydrogens is 370 g/mol. The lowest BCUT2D eigenvalue weighted by Gasteiger charge is -2.20. The Labute approximate surface area is 170 Å². The second kappa shape index (κ2) is 9.30. The minimum absolute atomic E-state index is 0.169. The van der Waals surface area contributed by atoms with Crippen LogP contribution in [-0.2, 0) is 6.42 Å². The molecule has 1 aromatic heterocycles. The fourth-order valence-corrected chi connectivity index (χ4v) is 3.11. The number of benzene rings is 2. The van der Waals surface area contributed by atoms with E-state index in [-0.39, 0.29) is 18.2 Å². The fraction of sp³-hybridized carbons (Fsp3) is 0.261. The molecule has 1 atom stereocenters. The molecule has 29 heavy (non-hydrogen) atoms. The van der Waals surface area contributed by atoms with Gasteiger partial charge in [0.2, 0.25) is 0 Å². The van der Waals surface area contributed by atoms with Crippen LogP contribution in [0.5, 0.6) is 11.5 Å². The van der Waals surface area contributed by atoms with Gasteiger partial charge < -0.3 is 23.9 Å². The fourth-order valence-electron chi connectivity index (χ4n) is 3.11. The summed E-state index contributed by atoms with van der Waals surface area (Å²) < 4.78 is 16.4. The molecule has 0 bridgehead atoms. The number of aliphatic hydroxyl groups is 1. The highest BCUT2D eigenvalue weighted by Crippen LogP contribution is 2.27. The Morgan fingerprint density at radius 2 is 1.83 bits per heavy atom. The van der Waals surface area contributed by atoms with E-state index in [1.54, 1.807) is 33.4 Å². The molecule has 0 fully saturated rings. The van der Waals surface area contributed by atoms with Crippen LogP contribution in [0.4, 0.5) is 0 Å². The quantitative estimate of drug-likeness (QED) is 0.630. The average Bonchev–Trinajstić information content (AvgIpc) is 3.22. The summed E-state index contributed by atoms with van der Waals surface area (Å²) in [7, 11) is 4.85. The lowest BCUT2D eigenvalue weighted by atomic mass is 10.1. The highest BCUT2D eigenvalue weighted by atomic mass is 16.5. The minimum atomic E-state index is -0.763. The monoisotopic (exact) mass is 395 g/mol. The third-order valence-electron chi connectivity index (χ3n) is 4.70. The lowest BCUT2D eigenvalue weighted by molar-refractivity contribution is 0.0650. The molecule has 152 valence electrons. The summed E-state index contributed by atoms with van der Waals surface area (Å²) in [5, 5.41) is 10.3. The first kappa shape index (κ1) is 20.5. The van der Waals surface area contributed by atoms with Gasteiger partial charge in [-0.2, -0.15) is 0 Å². The van der Waals surface area contributed by atoms with E-state index in [2.05, 4.69) is 0 Å². The topological polar surface area (TPSA) is 72.1 Å². The third-order valence-corrected chi connectivity index (χ3v) is 4.70. The molecule has 3 aromatic rings. The summed E-state index contributed by atoms with van der Waals surface area (Å²) >= 11 is 0. The summed E-state index contributed by atoms with van der Waals surface area (Å²) in [6.07, 6.45) is -0.301. The van der Waals surface area contributed by atoms with Gasteiger partial charge in [-0.05, 0) is 35.9 Å². The van der Waals surface area contributed by atoms with Gasteiger partial charge in [-0.1, -0.05) is 30.3 Å². The van der Waals surface area contributed by atoms with Crippen LogP contribution in [0.25, 0.3) is 0 Å². The number of aliphatic hydroxyl groups excluding tert-OH is 1. The zero-order chi connectivity index (χ0) is 20.8. The first-order valence-corrected chi connectivity index (χ1v) is 9.30. The molecule has 6 heteroatoms. The second-order valence-electron chi connectivity index (χ2n) is 6.73. The smallest absolute Gasteiger partial charge is 0.289 e. The van der Waals surface area contributed by atoms with Crippen molar-refractivity contribution in [2.24, 2.45) is 0 Å². The Morgan fingerprint density at radius 1 is 1.07 bits per heavy atom. The first-order chi connectivity index (χ1) is 14.0. The molecule has 0 saturated carbocycles. The van der Waals surface area contributed by atoms with Crippen LogP contribution in [0.3, 0.4) is 0 Å². The molecule has 0 radical (unpaired) electrons. The summed E-state index contributed by atoms with van der Waals surface area (Å²) in [4.78, 5) is 14.1. The highest BCUT2D eigenvalue weighted by molar-refractivity contribution is 5.91. The van der Waals surface area contributed by atoms with Crippen LogP contribution < -0.4 is 9.47 Å². The summed E-state index contributed by atoms with van der Waals surface area (Å²) in [6, 6.07) is 18.2. The van der Waals surface area contributed by atoms with Crippen LogP contribution in [0, 0.1) is 0 Å². The van der Waals surface area contributed by atoms with Gasteiger partial charge in [-0.15, -0.1) is 0 Å². The standard InChI is InChI=1S/C23H25NO5/c1-24(15-20(25)16-7-5-4-6-8-16)23(26)22-12-10-19(29-22)14-17-13-18(27-2)9-11-21(17)28-3/h4-13,20,25H,14-15H2,1-3H3. The van der Waals surface area contributed by atoms with Gasteiger partial charge in [0.15, 0.2) is 5.76 Å². The van der Waals surface area contributed by atoms with Crippen molar-refractivity contribution < 1.29 is 23.8 Å². The number of nitrogens with zero attached hydrogens (tertiary/aromatic N) is 1. The van der Waals surface area contributed by atoms with Crippen molar-refractivity contribution in [3.8, 4) is 11.5 Å². The molecule has 1 N–H and O–H groups in total. The predicted molar refractivity (Wildman–Crippen MR) is 109 cm³/mol. The molecule has 0 aliphatic carbocycles. The minimum Gasteiger partial charge on any atom is -0.497 e. The van der Waals surface area contributed by atoms with E-state index in [1.165, 1.54) is 4.90 Å². The van der Waals surface area contributed by atoms with Crippen molar-refractivity contribution in [1.29, 1.82) is 0 Å². The summed E-state index contributed by atoms with van der Waals surface area (Å²) in [5.74, 6) is 2.02. The number of likely N-dealkylation sites (N-methyl/N-ethyl adjacent to an activating group) is 1. The second-order valence-corrected chi connectivity index (χ2v) is 6.73. The van der Waals surface area contributed by atoms with Gasteiger partial charge >= 0.3 is 0 Å². The number of carbonyl (C=O) groups is 1. The number of carbonyl (C=O) groups excluding carboxylic acids is 1. The summed E-state index contributed by atoms with van der Waals surface area (Å²) in [5.41, 5.74) is 1.66. The molecule has 2 aromatic carbocycles. The lowest BCUT2D eigenvalue weighted by Crippen LogP contribution is -2.30. The largest absolute Gasteiger partial charge is 0.497 e. The number of ether oxygens (including phenoxy) is 2. The van der Waals surface area contributed by atoms with Crippen LogP contribution >= 0.6 is 0 Å². The molecule has 6 nitrogen and oxygen atoms in total. The maximum absolute atomic E-state index is 12.7. The number of amides is 1. The molecular formula is C23H25NO5. The van der Waals surface area contributed by atoms with Crippen LogP contribution in [0.15, 0.2) is 65.1 Å². The number of rotatable bonds is 8. The maximum Gasteiger partial charge on any atom is 0.289 e. The van der Waals surface area contributed by atoms with Crippen LogP contribution in [0.2, 0.25) is 0 Å². The Bertz CT molecular complexity index is 951. The van der Waals surface area contributed by atoms with E-state index in [9.17, 15) is 9.90 Å². The molecule has 1 unspecified atom stereocenters. The van der Waals surface area contributed by atoms with E-state index in [4.69, 9.17) is 13.9 Å². The molecule has 0 saturated heterocycles. The maximum atomic E-state index is 12.7. The summed E-state index contributed by atoms with van der Waals surface area (Å²) in [6.45, 7) is 0.169. The zero-order valence-corrected chi connectivity index (χ0v) is 16.8. The Kier molecular flexibility index (Phi) is 6.57. The van der Waals surface area contributed by atoms with Gasteiger partial charge in [0.25, 0.3) is 5.91 Å². The predicted octanol–water partition coefficient (Wildman–Crippen LogP) is 3.69. The Hall–Kier alpha value is -3.25.